The summed E-state index contributed by atoms with van der Waals surface area (Å²) in [6.45, 7) is 6.14. The van der Waals surface area contributed by atoms with Gasteiger partial charge >= 0.3 is 0 Å². The third-order valence-electron chi connectivity index (χ3n) is 0.295. The molecule has 0 saturated heterocycles. The highest BCUT2D eigenvalue weighted by Crippen LogP contribution is 1.70. The number of rotatable bonds is 0. The number of hydrogen-bond donors (Lipinski definition) is 0. The molecular formula is C3H3N3. The third-order valence-corrected chi connectivity index (χ3v) is 0.295. The van der Waals surface area contributed by atoms with Crippen LogP contribution in [0.4, 0.5) is 0 Å². The fourth-order valence-electron chi connectivity index (χ4n) is 0.0224. The van der Waals surface area contributed by atoms with Crippen molar-refractivity contribution in [3.63, 3.8) is 0 Å². The molecular weight excluding hydrogens is 78.1 g/mol. The Balaban J connectivity index is 3.40. The quantitative estimate of drug-likeness (QED) is 0.181. The van der Waals surface area contributed by atoms with Gasteiger partial charge in [-0.15, -0.1) is 4.95 Å². The zero-order valence-corrected chi connectivity index (χ0v) is 3.34. The molecule has 0 radical (unpaired) electrons. The van der Waals surface area contributed by atoms with E-state index in [2.05, 4.69) is 4.95 Å². The summed E-state index contributed by atoms with van der Waals surface area (Å²) >= 11 is 0. The second-order valence-electron chi connectivity index (χ2n) is 0.724. The average molecular weight is 81.1 g/mol. The summed E-state index contributed by atoms with van der Waals surface area (Å²) in [7, 11) is 1.40. The van der Waals surface area contributed by atoms with E-state index in [1.165, 1.54) is 7.05 Å². The number of nitrogens with zero attached hydrogens (tertiary/aromatic N) is 3. The lowest BCUT2D eigenvalue weighted by molar-refractivity contribution is 0.641. The molecule has 0 heterocycles. The van der Waals surface area contributed by atoms with Crippen molar-refractivity contribution >= 4 is 0 Å². The van der Waals surface area contributed by atoms with Gasteiger partial charge in [-0.1, -0.05) is 0 Å². The molecule has 0 aliphatic heterocycles. The molecule has 6 heavy (non-hydrogen) atoms. The molecule has 0 atom stereocenters. The normalized spacial score (nSPS) is 5.17. The minimum absolute atomic E-state index is 0.847. The molecule has 0 aromatic carbocycles. The Morgan fingerprint density at radius 3 is 2.50 bits per heavy atom. The molecule has 3 heteroatoms. The predicted octanol–water partition coefficient (Wildman–Crippen LogP) is 0.234. The van der Waals surface area contributed by atoms with Gasteiger partial charge in [-0.2, -0.15) is 11.8 Å². The predicted molar refractivity (Wildman–Crippen MR) is 20.0 cm³/mol. The molecule has 0 aromatic heterocycles. The molecule has 0 aliphatic carbocycles. The zero-order chi connectivity index (χ0) is 4.99. The van der Waals surface area contributed by atoms with E-state index in [9.17, 15) is 0 Å². The summed E-state index contributed by atoms with van der Waals surface area (Å²) in [5.41, 5.74) is 0. The molecule has 0 spiro atoms. The lowest BCUT2D eigenvalue weighted by Gasteiger charge is -1.79. The number of nitriles is 1. The van der Waals surface area contributed by atoms with Gasteiger partial charge in [-0.3, -0.25) is 0 Å². The van der Waals surface area contributed by atoms with Crippen LogP contribution >= 0.6 is 0 Å². The van der Waals surface area contributed by atoms with Gasteiger partial charge < -0.3 is 0 Å². The monoisotopic (exact) mass is 81.0 g/mol. The van der Waals surface area contributed by atoms with E-state index in [4.69, 9.17) is 11.8 Å². The summed E-state index contributed by atoms with van der Waals surface area (Å²) in [4.78, 5) is 2.73. The molecule has 0 fully saturated rings. The minimum Gasteiger partial charge on any atom is -0.183 e. The van der Waals surface area contributed by atoms with Gasteiger partial charge in [0.2, 0.25) is 0 Å². The van der Waals surface area contributed by atoms with Crippen molar-refractivity contribution in [2.24, 2.45) is 0 Å². The summed E-state index contributed by atoms with van der Waals surface area (Å²) in [6, 6.07) is 0. The van der Waals surface area contributed by atoms with E-state index < -0.39 is 0 Å². The summed E-state index contributed by atoms with van der Waals surface area (Å²) < 4.78 is 0. The molecule has 3 nitrogen and oxygen atoms in total. The molecule has 0 N–H and O–H groups in total. The molecule has 0 saturated carbocycles. The largest absolute Gasteiger partial charge is 0.252 e. The maximum atomic E-state index is 7.80. The highest BCUT2D eigenvalue weighted by Gasteiger charge is 1.83. The van der Waals surface area contributed by atoms with E-state index in [1.54, 1.807) is 6.19 Å². The van der Waals surface area contributed by atoms with Crippen LogP contribution in [0.15, 0.2) is 0 Å². The van der Waals surface area contributed by atoms with Crippen molar-refractivity contribution < 1.29 is 0 Å². The van der Waals surface area contributed by atoms with Crippen LogP contribution in [0.25, 0.3) is 4.95 Å². The summed E-state index contributed by atoms with van der Waals surface area (Å²) in [5, 5.41) is 8.64. The van der Waals surface area contributed by atoms with Crippen molar-refractivity contribution in [3.8, 4) is 6.19 Å². The summed E-state index contributed by atoms with van der Waals surface area (Å²) in [6.07, 6.45) is 1.59. The van der Waals surface area contributed by atoms with Crippen LogP contribution in [0.5, 0.6) is 0 Å². The van der Waals surface area contributed by atoms with Crippen LogP contribution in [0.1, 0.15) is 0 Å². The van der Waals surface area contributed by atoms with Crippen molar-refractivity contribution in [2.75, 3.05) is 7.05 Å². The first-order valence-electron chi connectivity index (χ1n) is 1.32. The van der Waals surface area contributed by atoms with E-state index >= 15 is 0 Å². The van der Waals surface area contributed by atoms with Gasteiger partial charge in [-0.25, -0.2) is 0 Å². The maximum absolute atomic E-state index is 7.80. The average Bonchev–Trinajstić information content (AvgIpc) is 1.65. The molecule has 0 bridgehead atoms. The van der Waals surface area contributed by atoms with Gasteiger partial charge in [0.25, 0.3) is 6.19 Å². The SMILES string of the molecule is [C-]#[N+]N(C)C#N. The first-order chi connectivity index (χ1) is 2.81. The van der Waals surface area contributed by atoms with Crippen LogP contribution in [-0.4, -0.2) is 12.1 Å². The Hall–Kier alpha value is -1.22. The van der Waals surface area contributed by atoms with Gasteiger partial charge in [0.05, 0.1) is 7.05 Å². The van der Waals surface area contributed by atoms with Crippen molar-refractivity contribution in [1.82, 2.24) is 5.01 Å². The second-order valence-corrected chi connectivity index (χ2v) is 0.724. The van der Waals surface area contributed by atoms with E-state index in [0.717, 1.165) is 5.01 Å². The maximum Gasteiger partial charge on any atom is 0.252 e. The minimum atomic E-state index is 0.847. The van der Waals surface area contributed by atoms with Crippen LogP contribution in [0.3, 0.4) is 0 Å². The highest BCUT2D eigenvalue weighted by atomic mass is 15.4. The second kappa shape index (κ2) is 2.04. The van der Waals surface area contributed by atoms with Crippen LogP contribution in [0, 0.1) is 18.0 Å². The van der Waals surface area contributed by atoms with Crippen LogP contribution < -0.4 is 0 Å². The fourth-order valence-corrected chi connectivity index (χ4v) is 0.0224. The van der Waals surface area contributed by atoms with Crippen LogP contribution in [0.2, 0.25) is 0 Å². The smallest absolute Gasteiger partial charge is 0.183 e. The Morgan fingerprint density at radius 2 is 2.50 bits per heavy atom. The van der Waals surface area contributed by atoms with Gasteiger partial charge in [0.15, 0.2) is 0 Å². The number of hydrogen-bond acceptors (Lipinski definition) is 2. The van der Waals surface area contributed by atoms with Gasteiger partial charge in [0, 0.05) is 0 Å². The zero-order valence-electron chi connectivity index (χ0n) is 3.34. The standard InChI is InChI=1S/C3H3N3/c1-5-6(2)3-4/h2H3. The molecule has 0 aromatic rings. The first-order valence-corrected chi connectivity index (χ1v) is 1.32. The topological polar surface area (TPSA) is 31.4 Å². The van der Waals surface area contributed by atoms with Crippen molar-refractivity contribution in [3.05, 3.63) is 11.5 Å². The molecule has 0 amide bonds. The third kappa shape index (κ3) is 1.14. The van der Waals surface area contributed by atoms with Crippen LogP contribution in [-0.2, 0) is 0 Å². The highest BCUT2D eigenvalue weighted by molar-refractivity contribution is 4.70. The molecule has 0 aliphatic rings. The molecule has 0 rings (SSSR count). The molecule has 0 unspecified atom stereocenters. The van der Waals surface area contributed by atoms with Gasteiger partial charge in [-0.05, 0) is 5.01 Å². The Kier molecular flexibility index (Phi) is 1.63. The van der Waals surface area contributed by atoms with E-state index in [0.29, 0.717) is 0 Å². The molecule has 30 valence electrons. The fraction of sp³-hybridized carbons (Fsp3) is 0.333. The Labute approximate surface area is 36.2 Å². The first kappa shape index (κ1) is 4.78. The lowest BCUT2D eigenvalue weighted by Crippen LogP contribution is -1.94. The lowest BCUT2D eigenvalue weighted by atomic mass is 11.1. The van der Waals surface area contributed by atoms with Crippen molar-refractivity contribution in [1.29, 1.82) is 5.26 Å². The Morgan fingerprint density at radius 1 is 2.00 bits per heavy atom. The van der Waals surface area contributed by atoms with E-state index in [-0.39, 0.29) is 0 Å². The Bertz CT molecular complexity index is 90.2. The summed E-state index contributed by atoms with van der Waals surface area (Å²) in [5.74, 6) is 0. The van der Waals surface area contributed by atoms with E-state index in [1.807, 2.05) is 0 Å². The van der Waals surface area contributed by atoms with Gasteiger partial charge in [0.1, 0.15) is 0 Å². The van der Waals surface area contributed by atoms with Crippen molar-refractivity contribution in [2.45, 2.75) is 0 Å².